The van der Waals surface area contributed by atoms with Crippen molar-refractivity contribution in [1.29, 1.82) is 0 Å². The number of carbonyl (C=O) groups excluding carboxylic acids is 2. The van der Waals surface area contributed by atoms with Crippen molar-refractivity contribution in [2.75, 3.05) is 25.0 Å². The molecule has 1 atom stereocenters. The second-order valence-corrected chi connectivity index (χ2v) is 8.55. The SMILES string of the molecule is O=C(COC(=O)[C@@H](O)c1ccccc1)Nc1cccc(S(=O)(=O)N2CCCC2)c1. The summed E-state index contributed by atoms with van der Waals surface area (Å²) in [7, 11) is -3.60. The molecule has 0 aliphatic carbocycles. The molecule has 2 N–H and O–H groups in total. The number of hydrogen-bond acceptors (Lipinski definition) is 6. The number of esters is 1. The lowest BCUT2D eigenvalue weighted by atomic mass is 10.1. The first kappa shape index (κ1) is 21.0. The van der Waals surface area contributed by atoms with E-state index < -0.39 is 34.6 Å². The van der Waals surface area contributed by atoms with Crippen LogP contribution in [0.2, 0.25) is 0 Å². The Labute approximate surface area is 169 Å². The molecule has 8 nitrogen and oxygen atoms in total. The van der Waals surface area contributed by atoms with Gasteiger partial charge in [0.15, 0.2) is 12.7 Å². The van der Waals surface area contributed by atoms with E-state index in [1.807, 2.05) is 0 Å². The zero-order chi connectivity index (χ0) is 20.9. The van der Waals surface area contributed by atoms with Crippen LogP contribution in [0, 0.1) is 0 Å². The first-order chi connectivity index (χ1) is 13.9. The Kier molecular flexibility index (Phi) is 6.63. The molecule has 0 saturated carbocycles. The third-order valence-electron chi connectivity index (χ3n) is 4.50. The minimum Gasteiger partial charge on any atom is -0.453 e. The highest BCUT2D eigenvalue weighted by atomic mass is 32.2. The molecule has 3 rings (SSSR count). The minimum absolute atomic E-state index is 0.0914. The van der Waals surface area contributed by atoms with Crippen molar-refractivity contribution >= 4 is 27.6 Å². The van der Waals surface area contributed by atoms with E-state index in [4.69, 9.17) is 4.74 Å². The monoisotopic (exact) mass is 418 g/mol. The zero-order valence-electron chi connectivity index (χ0n) is 15.7. The number of rotatable bonds is 7. The van der Waals surface area contributed by atoms with E-state index in [2.05, 4.69) is 5.32 Å². The molecule has 1 saturated heterocycles. The summed E-state index contributed by atoms with van der Waals surface area (Å²) in [5.41, 5.74) is 0.632. The summed E-state index contributed by atoms with van der Waals surface area (Å²) in [4.78, 5) is 24.1. The fourth-order valence-electron chi connectivity index (χ4n) is 3.00. The average molecular weight is 418 g/mol. The molecule has 1 aliphatic rings. The number of ether oxygens (including phenoxy) is 1. The average Bonchev–Trinajstić information content (AvgIpc) is 3.28. The Balaban J connectivity index is 1.57. The summed E-state index contributed by atoms with van der Waals surface area (Å²) in [5.74, 6) is -1.59. The van der Waals surface area contributed by atoms with Gasteiger partial charge in [-0.25, -0.2) is 13.2 Å². The number of carbonyl (C=O) groups is 2. The van der Waals surface area contributed by atoms with Gasteiger partial charge in [0.25, 0.3) is 5.91 Å². The maximum Gasteiger partial charge on any atom is 0.340 e. The molecule has 1 fully saturated rings. The highest BCUT2D eigenvalue weighted by molar-refractivity contribution is 7.89. The summed E-state index contributed by atoms with van der Waals surface area (Å²) < 4.78 is 31.5. The first-order valence-corrected chi connectivity index (χ1v) is 10.6. The van der Waals surface area contributed by atoms with Gasteiger partial charge in [0.1, 0.15) is 0 Å². The highest BCUT2D eigenvalue weighted by Crippen LogP contribution is 2.23. The number of aliphatic hydroxyl groups is 1. The molecule has 2 aromatic carbocycles. The predicted molar refractivity (Wildman–Crippen MR) is 105 cm³/mol. The number of amides is 1. The van der Waals surface area contributed by atoms with Crippen molar-refractivity contribution in [2.24, 2.45) is 0 Å². The lowest BCUT2D eigenvalue weighted by Crippen LogP contribution is -2.28. The smallest absolute Gasteiger partial charge is 0.340 e. The van der Waals surface area contributed by atoms with E-state index in [1.165, 1.54) is 22.5 Å². The van der Waals surface area contributed by atoms with Gasteiger partial charge in [-0.2, -0.15) is 4.31 Å². The molecular weight excluding hydrogens is 396 g/mol. The lowest BCUT2D eigenvalue weighted by molar-refractivity contribution is -0.156. The van der Waals surface area contributed by atoms with Crippen molar-refractivity contribution in [3.63, 3.8) is 0 Å². The topological polar surface area (TPSA) is 113 Å². The molecule has 29 heavy (non-hydrogen) atoms. The van der Waals surface area contributed by atoms with Crippen molar-refractivity contribution in [2.45, 2.75) is 23.8 Å². The summed E-state index contributed by atoms with van der Waals surface area (Å²) in [5, 5.41) is 12.4. The normalized spacial score (nSPS) is 15.6. The summed E-state index contributed by atoms with van der Waals surface area (Å²) in [6, 6.07) is 14.1. The van der Waals surface area contributed by atoms with Crippen molar-refractivity contribution in [3.8, 4) is 0 Å². The van der Waals surface area contributed by atoms with Gasteiger partial charge in [0.2, 0.25) is 10.0 Å². The van der Waals surface area contributed by atoms with Gasteiger partial charge in [-0.3, -0.25) is 4.79 Å². The lowest BCUT2D eigenvalue weighted by Gasteiger charge is -2.16. The summed E-state index contributed by atoms with van der Waals surface area (Å²) >= 11 is 0. The standard InChI is InChI=1S/C20H22N2O6S/c23-18(14-28-20(25)19(24)15-7-2-1-3-8-15)21-16-9-6-10-17(13-16)29(26,27)22-11-4-5-12-22/h1-3,6-10,13,19,24H,4-5,11-12,14H2,(H,21,23)/t19-/m0/s1. The van der Waals surface area contributed by atoms with E-state index in [9.17, 15) is 23.1 Å². The van der Waals surface area contributed by atoms with Gasteiger partial charge < -0.3 is 15.2 Å². The van der Waals surface area contributed by atoms with Gasteiger partial charge in [-0.15, -0.1) is 0 Å². The van der Waals surface area contributed by atoms with Crippen LogP contribution >= 0.6 is 0 Å². The van der Waals surface area contributed by atoms with Crippen molar-refractivity contribution in [3.05, 3.63) is 60.2 Å². The van der Waals surface area contributed by atoms with Crippen LogP contribution in [-0.2, 0) is 24.3 Å². The molecule has 1 heterocycles. The van der Waals surface area contributed by atoms with Crippen LogP contribution in [0.1, 0.15) is 24.5 Å². The molecular formula is C20H22N2O6S. The van der Waals surface area contributed by atoms with E-state index in [0.29, 0.717) is 18.7 Å². The molecule has 0 aromatic heterocycles. The molecule has 0 spiro atoms. The number of nitrogens with one attached hydrogen (secondary N) is 1. The molecule has 9 heteroatoms. The third-order valence-corrected chi connectivity index (χ3v) is 6.40. The zero-order valence-corrected chi connectivity index (χ0v) is 16.5. The number of hydrogen-bond donors (Lipinski definition) is 2. The van der Waals surface area contributed by atoms with Crippen LogP contribution < -0.4 is 5.32 Å². The number of anilines is 1. The van der Waals surface area contributed by atoms with Crippen LogP contribution in [0.25, 0.3) is 0 Å². The number of aliphatic hydroxyl groups excluding tert-OH is 1. The second-order valence-electron chi connectivity index (χ2n) is 6.61. The van der Waals surface area contributed by atoms with Gasteiger partial charge in [0.05, 0.1) is 4.90 Å². The molecule has 1 amide bonds. The molecule has 0 bridgehead atoms. The third kappa shape index (κ3) is 5.20. The summed E-state index contributed by atoms with van der Waals surface area (Å²) in [6.45, 7) is 0.364. The minimum atomic E-state index is -3.60. The van der Waals surface area contributed by atoms with E-state index in [-0.39, 0.29) is 10.6 Å². The van der Waals surface area contributed by atoms with E-state index in [0.717, 1.165) is 12.8 Å². The quantitative estimate of drug-likeness (QED) is 0.662. The fraction of sp³-hybridized carbons (Fsp3) is 0.300. The van der Waals surface area contributed by atoms with Crippen molar-refractivity contribution < 1.29 is 27.9 Å². The first-order valence-electron chi connectivity index (χ1n) is 9.17. The molecule has 0 radical (unpaired) electrons. The van der Waals surface area contributed by atoms with E-state index in [1.54, 1.807) is 36.4 Å². The van der Waals surface area contributed by atoms with Crippen LogP contribution in [0.5, 0.6) is 0 Å². The maximum atomic E-state index is 12.6. The second kappa shape index (κ2) is 9.17. The van der Waals surface area contributed by atoms with Crippen LogP contribution in [0.4, 0.5) is 5.69 Å². The predicted octanol–water partition coefficient (Wildman–Crippen LogP) is 1.69. The van der Waals surface area contributed by atoms with Crippen molar-refractivity contribution in [1.82, 2.24) is 4.31 Å². The Bertz CT molecular complexity index is 971. The van der Waals surface area contributed by atoms with Gasteiger partial charge in [-0.1, -0.05) is 36.4 Å². The molecule has 1 aliphatic heterocycles. The highest BCUT2D eigenvalue weighted by Gasteiger charge is 2.27. The van der Waals surface area contributed by atoms with Gasteiger partial charge in [0, 0.05) is 18.8 Å². The van der Waals surface area contributed by atoms with Crippen LogP contribution in [0.15, 0.2) is 59.5 Å². The van der Waals surface area contributed by atoms with Crippen LogP contribution in [-0.4, -0.2) is 49.4 Å². The van der Waals surface area contributed by atoms with Crippen LogP contribution in [0.3, 0.4) is 0 Å². The number of sulfonamides is 1. The summed E-state index contributed by atoms with van der Waals surface area (Å²) in [6.07, 6.45) is 0.170. The van der Waals surface area contributed by atoms with Gasteiger partial charge in [-0.05, 0) is 36.6 Å². The largest absolute Gasteiger partial charge is 0.453 e. The maximum absolute atomic E-state index is 12.6. The van der Waals surface area contributed by atoms with Gasteiger partial charge >= 0.3 is 5.97 Å². The Morgan fingerprint density at radius 1 is 1.07 bits per heavy atom. The fourth-order valence-corrected chi connectivity index (χ4v) is 4.56. The molecule has 154 valence electrons. The molecule has 0 unspecified atom stereocenters. The molecule has 2 aromatic rings. The number of nitrogens with zero attached hydrogens (tertiary/aromatic N) is 1. The number of benzene rings is 2. The Hall–Kier alpha value is -2.75. The van der Waals surface area contributed by atoms with E-state index >= 15 is 0 Å². The Morgan fingerprint density at radius 2 is 1.76 bits per heavy atom. The Morgan fingerprint density at radius 3 is 2.45 bits per heavy atom.